The van der Waals surface area contributed by atoms with Gasteiger partial charge in [0.05, 0.1) is 26.1 Å². The predicted molar refractivity (Wildman–Crippen MR) is 165 cm³/mol. The van der Waals surface area contributed by atoms with Crippen molar-refractivity contribution >= 4 is 11.6 Å². The maximum Gasteiger partial charge on any atom is 0.294 e. The van der Waals surface area contributed by atoms with Crippen molar-refractivity contribution in [1.82, 2.24) is 4.90 Å². The van der Waals surface area contributed by atoms with Crippen LogP contribution in [0.15, 0.2) is 65.3 Å². The molecule has 2 aliphatic rings. The summed E-state index contributed by atoms with van der Waals surface area (Å²) in [5.74, 6) is 1.04. The Kier molecular flexibility index (Phi) is 10.4. The average molecular weight is 575 g/mol. The van der Waals surface area contributed by atoms with Crippen LogP contribution in [0.2, 0.25) is 0 Å². The highest BCUT2D eigenvalue weighted by Gasteiger charge is 2.34. The van der Waals surface area contributed by atoms with Crippen molar-refractivity contribution in [2.75, 3.05) is 31.1 Å². The second kappa shape index (κ2) is 14.4. The highest BCUT2D eigenvalue weighted by molar-refractivity contribution is 6.04. The van der Waals surface area contributed by atoms with Gasteiger partial charge in [0.1, 0.15) is 5.75 Å². The van der Waals surface area contributed by atoms with Crippen LogP contribution in [-0.4, -0.2) is 53.3 Å². The van der Waals surface area contributed by atoms with Crippen molar-refractivity contribution < 1.29 is 24.2 Å². The Morgan fingerprint density at radius 3 is 2.29 bits per heavy atom. The number of aliphatic hydroxyl groups excluding tert-OH is 2. The molecule has 0 atom stereocenters. The molecule has 0 bridgehead atoms. The number of aryl methyl sites for hydroxylation is 1. The standard InChI is InChI=1S/C35H46N2O5/c1-27-7-9-30(10-8-27)37(34(40)33-6-5-20-42-33)31-11-17-36(18-12-31)19-15-35(13-3-2-4-14-35)16-21-41-32-23-28(25-38)22-29(24-32)26-39/h5-10,20,22-24,31,38-39H,2-4,11-19,21,25-26H2,1H3. The number of hydrogen-bond donors (Lipinski definition) is 2. The maximum absolute atomic E-state index is 13.5. The van der Waals surface area contributed by atoms with E-state index in [1.807, 2.05) is 35.2 Å². The van der Waals surface area contributed by atoms with Crippen LogP contribution in [0.4, 0.5) is 5.69 Å². The van der Waals surface area contributed by atoms with E-state index in [0.717, 1.165) is 67.9 Å². The highest BCUT2D eigenvalue weighted by Crippen LogP contribution is 2.43. The fraction of sp³-hybridized carbons (Fsp3) is 0.514. The monoisotopic (exact) mass is 574 g/mol. The van der Waals surface area contributed by atoms with Crippen molar-refractivity contribution in [2.24, 2.45) is 5.41 Å². The first-order valence-electron chi connectivity index (χ1n) is 15.6. The summed E-state index contributed by atoms with van der Waals surface area (Å²) in [4.78, 5) is 18.0. The van der Waals surface area contributed by atoms with Gasteiger partial charge in [0, 0.05) is 24.8 Å². The summed E-state index contributed by atoms with van der Waals surface area (Å²) in [6.07, 6.45) is 11.9. The van der Waals surface area contributed by atoms with Crippen molar-refractivity contribution in [3.8, 4) is 5.75 Å². The van der Waals surface area contributed by atoms with Gasteiger partial charge in [-0.3, -0.25) is 4.79 Å². The van der Waals surface area contributed by atoms with Gasteiger partial charge in [0.25, 0.3) is 5.91 Å². The Balaban J connectivity index is 1.17. The molecule has 2 heterocycles. The molecule has 1 amide bonds. The number of aliphatic hydroxyl groups is 2. The Morgan fingerprint density at radius 1 is 0.976 bits per heavy atom. The number of carbonyl (C=O) groups excluding carboxylic acids is 1. The second-order valence-corrected chi connectivity index (χ2v) is 12.3. The molecule has 2 fully saturated rings. The van der Waals surface area contributed by atoms with Crippen LogP contribution in [0, 0.1) is 12.3 Å². The van der Waals surface area contributed by atoms with Crippen LogP contribution >= 0.6 is 0 Å². The number of piperidine rings is 1. The molecule has 2 aromatic carbocycles. The van der Waals surface area contributed by atoms with Crippen LogP contribution in [0.3, 0.4) is 0 Å². The summed E-state index contributed by atoms with van der Waals surface area (Å²) in [6.45, 7) is 5.59. The molecule has 1 aliphatic carbocycles. The van der Waals surface area contributed by atoms with Crippen molar-refractivity contribution in [2.45, 2.75) is 84.0 Å². The molecule has 1 aromatic heterocycles. The van der Waals surface area contributed by atoms with Crippen molar-refractivity contribution in [1.29, 1.82) is 0 Å². The fourth-order valence-corrected chi connectivity index (χ4v) is 6.82. The van der Waals surface area contributed by atoms with E-state index in [0.29, 0.717) is 12.4 Å². The van der Waals surface area contributed by atoms with Gasteiger partial charge in [0.2, 0.25) is 0 Å². The molecule has 3 aromatic rings. The van der Waals surface area contributed by atoms with Crippen LogP contribution in [0.1, 0.15) is 85.0 Å². The number of hydrogen-bond acceptors (Lipinski definition) is 6. The first-order valence-corrected chi connectivity index (χ1v) is 15.6. The third-order valence-electron chi connectivity index (χ3n) is 9.35. The number of nitrogens with zero attached hydrogens (tertiary/aromatic N) is 2. The number of amides is 1. The summed E-state index contributed by atoms with van der Waals surface area (Å²) in [7, 11) is 0. The molecule has 0 unspecified atom stereocenters. The average Bonchev–Trinajstić information content (AvgIpc) is 3.57. The van der Waals surface area contributed by atoms with Gasteiger partial charge >= 0.3 is 0 Å². The molecule has 226 valence electrons. The second-order valence-electron chi connectivity index (χ2n) is 12.3. The van der Waals surface area contributed by atoms with E-state index in [1.165, 1.54) is 37.7 Å². The van der Waals surface area contributed by atoms with Gasteiger partial charge in [-0.2, -0.15) is 0 Å². The van der Waals surface area contributed by atoms with E-state index in [4.69, 9.17) is 9.15 Å². The molecule has 7 heteroatoms. The number of benzene rings is 2. The van der Waals surface area contributed by atoms with E-state index < -0.39 is 0 Å². The lowest BCUT2D eigenvalue weighted by Crippen LogP contribution is -2.48. The minimum atomic E-state index is -0.0703. The topological polar surface area (TPSA) is 86.4 Å². The molecule has 5 rings (SSSR count). The molecular weight excluding hydrogens is 528 g/mol. The third-order valence-corrected chi connectivity index (χ3v) is 9.35. The maximum atomic E-state index is 13.5. The SMILES string of the molecule is Cc1ccc(N(C(=O)c2ccco2)C2CCN(CCC3(CCOc4cc(CO)cc(CO)c4)CCCCC3)CC2)cc1. The largest absolute Gasteiger partial charge is 0.494 e. The fourth-order valence-electron chi connectivity index (χ4n) is 6.82. The van der Waals surface area contributed by atoms with E-state index in [1.54, 1.807) is 18.4 Å². The molecule has 1 saturated heterocycles. The van der Waals surface area contributed by atoms with Gasteiger partial charge in [-0.05, 0) is 105 Å². The van der Waals surface area contributed by atoms with E-state index in [2.05, 4.69) is 24.0 Å². The number of furan rings is 1. The van der Waals surface area contributed by atoms with Crippen LogP contribution in [-0.2, 0) is 13.2 Å². The van der Waals surface area contributed by atoms with Crippen LogP contribution in [0.5, 0.6) is 5.75 Å². The molecule has 42 heavy (non-hydrogen) atoms. The van der Waals surface area contributed by atoms with Crippen LogP contribution in [0.25, 0.3) is 0 Å². The smallest absolute Gasteiger partial charge is 0.294 e. The van der Waals surface area contributed by atoms with E-state index in [9.17, 15) is 15.0 Å². The summed E-state index contributed by atoms with van der Waals surface area (Å²) in [5.41, 5.74) is 3.91. The van der Waals surface area contributed by atoms with Gasteiger partial charge in [-0.15, -0.1) is 0 Å². The minimum absolute atomic E-state index is 0.0649. The first-order chi connectivity index (χ1) is 20.5. The zero-order chi connectivity index (χ0) is 29.4. The van der Waals surface area contributed by atoms with Crippen molar-refractivity contribution in [3.63, 3.8) is 0 Å². The third kappa shape index (κ3) is 7.63. The molecule has 1 aliphatic heterocycles. The Morgan fingerprint density at radius 2 is 1.67 bits per heavy atom. The van der Waals surface area contributed by atoms with Gasteiger partial charge in [-0.25, -0.2) is 0 Å². The zero-order valence-corrected chi connectivity index (χ0v) is 25.0. The molecule has 0 spiro atoms. The molecule has 2 N–H and O–H groups in total. The molecule has 1 saturated carbocycles. The summed E-state index contributed by atoms with van der Waals surface area (Å²) in [5, 5.41) is 19.1. The normalized spacial score (nSPS) is 17.7. The Bertz CT molecular complexity index is 1240. The summed E-state index contributed by atoms with van der Waals surface area (Å²) < 4.78 is 11.7. The number of rotatable bonds is 12. The van der Waals surface area contributed by atoms with Gasteiger partial charge in [-0.1, -0.05) is 43.0 Å². The van der Waals surface area contributed by atoms with Gasteiger partial charge in [0.15, 0.2) is 5.76 Å². The molecule has 7 nitrogen and oxygen atoms in total. The Labute approximate surface area is 250 Å². The summed E-state index contributed by atoms with van der Waals surface area (Å²) in [6, 6.07) is 17.4. The number of carbonyl (C=O) groups is 1. The Hall–Kier alpha value is -3.13. The van der Waals surface area contributed by atoms with E-state index in [-0.39, 0.29) is 30.6 Å². The van der Waals surface area contributed by atoms with Crippen molar-refractivity contribution in [3.05, 3.63) is 83.3 Å². The lowest BCUT2D eigenvalue weighted by Gasteiger charge is -2.42. The lowest BCUT2D eigenvalue weighted by atomic mass is 9.69. The first kappa shape index (κ1) is 30.3. The predicted octanol–water partition coefficient (Wildman–Crippen LogP) is 6.49. The van der Waals surface area contributed by atoms with Crippen LogP contribution < -0.4 is 9.64 Å². The molecular formula is C35H46N2O5. The number of anilines is 1. The molecule has 0 radical (unpaired) electrons. The highest BCUT2D eigenvalue weighted by atomic mass is 16.5. The quantitative estimate of drug-likeness (QED) is 0.257. The van der Waals surface area contributed by atoms with Gasteiger partial charge < -0.3 is 29.2 Å². The summed E-state index contributed by atoms with van der Waals surface area (Å²) >= 11 is 0. The minimum Gasteiger partial charge on any atom is -0.494 e. The number of ether oxygens (including phenoxy) is 1. The lowest BCUT2D eigenvalue weighted by molar-refractivity contribution is 0.0895. The number of likely N-dealkylation sites (tertiary alicyclic amines) is 1. The zero-order valence-electron chi connectivity index (χ0n) is 25.0. The van der Waals surface area contributed by atoms with E-state index >= 15 is 0 Å².